The summed E-state index contributed by atoms with van der Waals surface area (Å²) in [6.07, 6.45) is 4.47. The molecule has 0 bridgehead atoms. The van der Waals surface area contributed by atoms with Gasteiger partial charge in [-0.25, -0.2) is 4.98 Å². The normalized spacial score (nSPS) is 16.0. The molecule has 2 heterocycles. The highest BCUT2D eigenvalue weighted by atomic mass is 15.3. The first-order valence-electron chi connectivity index (χ1n) is 10.8. The molecule has 1 saturated heterocycles. The van der Waals surface area contributed by atoms with E-state index in [1.54, 1.807) is 5.57 Å². The molecule has 1 unspecified atom stereocenters. The molecule has 1 fully saturated rings. The van der Waals surface area contributed by atoms with Crippen LogP contribution >= 0.6 is 0 Å². The van der Waals surface area contributed by atoms with Crippen LogP contribution in [0.25, 0.3) is 16.6 Å². The van der Waals surface area contributed by atoms with Crippen molar-refractivity contribution in [2.24, 2.45) is 0 Å². The molecular weight excluding hydrogens is 366 g/mol. The minimum atomic E-state index is 0.302. The van der Waals surface area contributed by atoms with Crippen LogP contribution in [-0.4, -0.2) is 27.5 Å². The topological polar surface area (TPSA) is 21.1 Å². The molecule has 1 aliphatic rings. The van der Waals surface area contributed by atoms with Crippen molar-refractivity contribution in [3.05, 3.63) is 108 Å². The molecule has 0 spiro atoms. The Hall–Kier alpha value is -3.17. The molecule has 150 valence electrons. The summed E-state index contributed by atoms with van der Waals surface area (Å²) >= 11 is 0. The highest BCUT2D eigenvalue weighted by molar-refractivity contribution is 5.82. The number of para-hydroxylation sites is 2. The van der Waals surface area contributed by atoms with Crippen molar-refractivity contribution in [3.8, 4) is 0 Å². The first kappa shape index (κ1) is 18.8. The van der Waals surface area contributed by atoms with Crippen LogP contribution < -0.4 is 0 Å². The van der Waals surface area contributed by atoms with Crippen molar-refractivity contribution < 1.29 is 0 Å². The molecule has 0 amide bonds. The second-order valence-electron chi connectivity index (χ2n) is 8.02. The highest BCUT2D eigenvalue weighted by Crippen LogP contribution is 2.34. The Balaban J connectivity index is 1.42. The predicted molar refractivity (Wildman–Crippen MR) is 124 cm³/mol. The summed E-state index contributed by atoms with van der Waals surface area (Å²) < 4.78 is 2.30. The lowest BCUT2D eigenvalue weighted by Gasteiger charge is -2.35. The zero-order chi connectivity index (χ0) is 20.3. The summed E-state index contributed by atoms with van der Waals surface area (Å²) in [5.41, 5.74) is 7.89. The average molecular weight is 394 g/mol. The molecule has 0 aliphatic carbocycles. The van der Waals surface area contributed by atoms with Gasteiger partial charge in [-0.2, -0.15) is 0 Å². The monoisotopic (exact) mass is 393 g/mol. The fourth-order valence-corrected chi connectivity index (χ4v) is 4.65. The second kappa shape index (κ2) is 8.29. The molecule has 3 heteroatoms. The van der Waals surface area contributed by atoms with Crippen LogP contribution in [0.15, 0.2) is 96.8 Å². The van der Waals surface area contributed by atoms with Gasteiger partial charge in [-0.3, -0.25) is 4.90 Å². The highest BCUT2D eigenvalue weighted by Gasteiger charge is 2.23. The van der Waals surface area contributed by atoms with Crippen molar-refractivity contribution in [1.29, 1.82) is 0 Å². The maximum Gasteiger partial charge on any atom is 0.0971 e. The fraction of sp³-hybridized carbons (Fsp3) is 0.222. The van der Waals surface area contributed by atoms with E-state index in [1.165, 1.54) is 22.2 Å². The molecule has 0 radical (unpaired) electrons. The third kappa shape index (κ3) is 3.57. The zero-order valence-corrected chi connectivity index (χ0v) is 17.4. The third-order valence-corrected chi connectivity index (χ3v) is 6.29. The summed E-state index contributed by atoms with van der Waals surface area (Å²) in [4.78, 5) is 7.16. The quantitative estimate of drug-likeness (QED) is 0.414. The Labute approximate surface area is 178 Å². The van der Waals surface area contributed by atoms with Gasteiger partial charge in [0, 0.05) is 13.1 Å². The van der Waals surface area contributed by atoms with Gasteiger partial charge in [0.05, 0.1) is 23.5 Å². The van der Waals surface area contributed by atoms with Gasteiger partial charge in [-0.15, -0.1) is 0 Å². The van der Waals surface area contributed by atoms with Gasteiger partial charge in [-0.05, 0) is 48.6 Å². The number of imidazole rings is 1. The summed E-state index contributed by atoms with van der Waals surface area (Å²) in [5.74, 6) is 0. The molecule has 3 aromatic carbocycles. The van der Waals surface area contributed by atoms with Crippen LogP contribution in [0.2, 0.25) is 0 Å². The summed E-state index contributed by atoms with van der Waals surface area (Å²) in [6.45, 7) is 4.41. The van der Waals surface area contributed by atoms with Crippen LogP contribution in [0.3, 0.4) is 0 Å². The van der Waals surface area contributed by atoms with Crippen molar-refractivity contribution in [3.63, 3.8) is 0 Å². The molecular formula is C27H27N3. The molecule has 1 aliphatic heterocycles. The van der Waals surface area contributed by atoms with E-state index in [0.29, 0.717) is 6.17 Å². The first-order chi connectivity index (χ1) is 14.8. The Morgan fingerprint density at radius 2 is 1.33 bits per heavy atom. The van der Waals surface area contributed by atoms with Crippen molar-refractivity contribution >= 4 is 16.6 Å². The van der Waals surface area contributed by atoms with Crippen LogP contribution in [0.4, 0.5) is 0 Å². The number of nitrogens with zero attached hydrogens (tertiary/aromatic N) is 3. The standard InChI is InChI=1S/C27H27N3/c1-21(30-20-28-25-14-8-9-15-26(25)30)29-18-16-24(17-19-29)27(22-10-4-2-5-11-22)23-12-6-3-7-13-23/h2-15,20-21H,16-19H2,1H3. The molecule has 30 heavy (non-hydrogen) atoms. The van der Waals surface area contributed by atoms with Crippen molar-refractivity contribution in [2.75, 3.05) is 13.1 Å². The summed E-state index contributed by atoms with van der Waals surface area (Å²) in [7, 11) is 0. The second-order valence-corrected chi connectivity index (χ2v) is 8.02. The third-order valence-electron chi connectivity index (χ3n) is 6.29. The maximum atomic E-state index is 4.58. The molecule has 4 aromatic rings. The number of piperidine rings is 1. The number of hydrogen-bond donors (Lipinski definition) is 0. The smallest absolute Gasteiger partial charge is 0.0971 e. The van der Waals surface area contributed by atoms with E-state index in [0.717, 1.165) is 31.4 Å². The van der Waals surface area contributed by atoms with Gasteiger partial charge in [0.2, 0.25) is 0 Å². The van der Waals surface area contributed by atoms with Gasteiger partial charge in [0.15, 0.2) is 0 Å². The van der Waals surface area contributed by atoms with Gasteiger partial charge >= 0.3 is 0 Å². The zero-order valence-electron chi connectivity index (χ0n) is 17.4. The molecule has 5 rings (SSSR count). The summed E-state index contributed by atoms with van der Waals surface area (Å²) in [5, 5.41) is 0. The van der Waals surface area contributed by atoms with Crippen LogP contribution in [0, 0.1) is 0 Å². The first-order valence-corrected chi connectivity index (χ1v) is 10.8. The van der Waals surface area contributed by atoms with Crippen molar-refractivity contribution in [2.45, 2.75) is 25.9 Å². The SMILES string of the molecule is CC(N1CCC(=C(c2ccccc2)c2ccccc2)CC1)n1cnc2ccccc21. The Kier molecular flexibility index (Phi) is 5.20. The number of benzene rings is 3. The van der Waals surface area contributed by atoms with E-state index < -0.39 is 0 Å². The Morgan fingerprint density at radius 3 is 1.97 bits per heavy atom. The molecule has 1 atom stereocenters. The van der Waals surface area contributed by atoms with Gasteiger partial charge in [0.25, 0.3) is 0 Å². The van der Waals surface area contributed by atoms with Crippen LogP contribution in [0.1, 0.15) is 37.1 Å². The van der Waals surface area contributed by atoms with E-state index in [9.17, 15) is 0 Å². The van der Waals surface area contributed by atoms with E-state index in [4.69, 9.17) is 0 Å². The van der Waals surface area contributed by atoms with Gasteiger partial charge < -0.3 is 4.57 Å². The average Bonchev–Trinajstić information content (AvgIpc) is 3.25. The summed E-state index contributed by atoms with van der Waals surface area (Å²) in [6, 6.07) is 30.1. The molecule has 0 N–H and O–H groups in total. The minimum Gasteiger partial charge on any atom is -0.314 e. The predicted octanol–water partition coefficient (Wildman–Crippen LogP) is 6.15. The van der Waals surface area contributed by atoms with Crippen LogP contribution in [0.5, 0.6) is 0 Å². The molecule has 3 nitrogen and oxygen atoms in total. The lowest BCUT2D eigenvalue weighted by atomic mass is 9.88. The number of hydrogen-bond acceptors (Lipinski definition) is 2. The van der Waals surface area contributed by atoms with Gasteiger partial charge in [-0.1, -0.05) is 78.4 Å². The van der Waals surface area contributed by atoms with Gasteiger partial charge in [0.1, 0.15) is 0 Å². The van der Waals surface area contributed by atoms with E-state index in [1.807, 2.05) is 6.33 Å². The number of aromatic nitrogens is 2. The van der Waals surface area contributed by atoms with E-state index in [-0.39, 0.29) is 0 Å². The molecule has 1 aromatic heterocycles. The van der Waals surface area contributed by atoms with Crippen molar-refractivity contribution in [1.82, 2.24) is 14.5 Å². The lowest BCUT2D eigenvalue weighted by Crippen LogP contribution is -2.36. The van der Waals surface area contributed by atoms with E-state index in [2.05, 4.69) is 106 Å². The number of rotatable bonds is 4. The maximum absolute atomic E-state index is 4.58. The number of fused-ring (bicyclic) bond motifs is 1. The Morgan fingerprint density at radius 1 is 0.767 bits per heavy atom. The largest absolute Gasteiger partial charge is 0.314 e. The fourth-order valence-electron chi connectivity index (χ4n) is 4.65. The minimum absolute atomic E-state index is 0.302. The Bertz CT molecular complexity index is 1110. The lowest BCUT2D eigenvalue weighted by molar-refractivity contribution is 0.146. The van der Waals surface area contributed by atoms with E-state index >= 15 is 0 Å². The van der Waals surface area contributed by atoms with Crippen LogP contribution in [-0.2, 0) is 0 Å². The number of likely N-dealkylation sites (tertiary alicyclic amines) is 1. The molecule has 0 saturated carbocycles.